The van der Waals surface area contributed by atoms with Gasteiger partial charge in [0.1, 0.15) is 11.9 Å². The summed E-state index contributed by atoms with van der Waals surface area (Å²) in [6.07, 6.45) is -1.90. The van der Waals surface area contributed by atoms with Gasteiger partial charge in [0.15, 0.2) is 0 Å². The Kier molecular flexibility index (Phi) is 3.96. The first kappa shape index (κ1) is 16.4. The summed E-state index contributed by atoms with van der Waals surface area (Å²) in [4.78, 5) is 0. The molecular weight excluding hydrogens is 337 g/mol. The van der Waals surface area contributed by atoms with E-state index in [1.165, 1.54) is 6.07 Å². The Morgan fingerprint density at radius 2 is 2.00 bits per heavy atom. The predicted octanol–water partition coefficient (Wildman–Crippen LogP) is 2.79. The van der Waals surface area contributed by atoms with Gasteiger partial charge < -0.3 is 14.6 Å². The van der Waals surface area contributed by atoms with Crippen molar-refractivity contribution in [3.63, 3.8) is 0 Å². The maximum Gasteiger partial charge on any atom is 0.417 e. The summed E-state index contributed by atoms with van der Waals surface area (Å²) < 4.78 is 52.9. The second-order valence-electron chi connectivity index (χ2n) is 6.32. The lowest BCUT2D eigenvalue weighted by Crippen LogP contribution is -2.32. The van der Waals surface area contributed by atoms with Crippen molar-refractivity contribution in [3.8, 4) is 17.0 Å². The standard InChI is InChI=1S/C17H17F3N2O3/c18-17(19,20)14-6-12(23)5-10-1-2-11-7-22(21-16(11)15(10)14)8-13-9-24-3-4-25-13/h5-7,13,23H,1-4,8-9H2/t13-/m0/s1. The van der Waals surface area contributed by atoms with E-state index < -0.39 is 11.7 Å². The highest BCUT2D eigenvalue weighted by atomic mass is 19.4. The zero-order valence-electron chi connectivity index (χ0n) is 13.3. The van der Waals surface area contributed by atoms with Gasteiger partial charge in [0.05, 0.1) is 37.6 Å². The van der Waals surface area contributed by atoms with Crippen LogP contribution in [0.1, 0.15) is 16.7 Å². The number of nitrogens with zero attached hydrogens (tertiary/aromatic N) is 2. The van der Waals surface area contributed by atoms with Gasteiger partial charge in [-0.3, -0.25) is 4.68 Å². The Balaban J connectivity index is 1.73. The van der Waals surface area contributed by atoms with E-state index in [1.54, 1.807) is 10.9 Å². The Morgan fingerprint density at radius 3 is 2.72 bits per heavy atom. The molecule has 0 saturated carbocycles. The Bertz CT molecular complexity index is 795. The molecule has 1 atom stereocenters. The molecule has 0 amide bonds. The molecule has 1 aromatic carbocycles. The summed E-state index contributed by atoms with van der Waals surface area (Å²) in [5.74, 6) is -0.373. The van der Waals surface area contributed by atoms with Crippen LogP contribution in [0.3, 0.4) is 0 Å². The van der Waals surface area contributed by atoms with Gasteiger partial charge >= 0.3 is 6.18 Å². The molecule has 1 fully saturated rings. The van der Waals surface area contributed by atoms with Crippen LogP contribution in [0.4, 0.5) is 13.2 Å². The fourth-order valence-electron chi connectivity index (χ4n) is 3.46. The number of ether oxygens (including phenoxy) is 2. The molecule has 1 aliphatic carbocycles. The minimum atomic E-state index is -4.55. The van der Waals surface area contributed by atoms with Crippen LogP contribution in [0.2, 0.25) is 0 Å². The van der Waals surface area contributed by atoms with Gasteiger partial charge in [-0.25, -0.2) is 0 Å². The lowest BCUT2D eigenvalue weighted by atomic mass is 9.87. The van der Waals surface area contributed by atoms with E-state index in [0.29, 0.717) is 50.5 Å². The summed E-state index contributed by atoms with van der Waals surface area (Å²) in [5.41, 5.74) is 0.824. The molecule has 134 valence electrons. The number of benzene rings is 1. The summed E-state index contributed by atoms with van der Waals surface area (Å²) in [6.45, 7) is 1.94. The SMILES string of the molecule is Oc1cc2c(c(C(F)(F)F)c1)-c1nn(C[C@H]3COCCO3)cc1CC2. The second-order valence-corrected chi connectivity index (χ2v) is 6.32. The van der Waals surface area contributed by atoms with E-state index in [1.807, 2.05) is 0 Å². The molecule has 25 heavy (non-hydrogen) atoms. The van der Waals surface area contributed by atoms with Gasteiger partial charge in [-0.15, -0.1) is 0 Å². The van der Waals surface area contributed by atoms with Crippen LogP contribution in [-0.2, 0) is 35.0 Å². The summed E-state index contributed by atoms with van der Waals surface area (Å²) in [5, 5.41) is 14.0. The molecule has 2 heterocycles. The average Bonchev–Trinajstić information content (AvgIpc) is 2.96. The fraction of sp³-hybridized carbons (Fsp3) is 0.471. The van der Waals surface area contributed by atoms with E-state index in [4.69, 9.17) is 9.47 Å². The van der Waals surface area contributed by atoms with Crippen molar-refractivity contribution in [1.82, 2.24) is 9.78 Å². The number of aromatic hydroxyl groups is 1. The van der Waals surface area contributed by atoms with Crippen LogP contribution in [0.15, 0.2) is 18.3 Å². The molecule has 2 aliphatic rings. The number of phenolic OH excluding ortho intramolecular Hbond substituents is 1. The molecule has 5 nitrogen and oxygen atoms in total. The number of rotatable bonds is 2. The molecule has 4 rings (SSSR count). The topological polar surface area (TPSA) is 56.5 Å². The van der Waals surface area contributed by atoms with E-state index in [2.05, 4.69) is 5.10 Å². The molecular formula is C17H17F3N2O3. The number of fused-ring (bicyclic) bond motifs is 3. The molecule has 0 spiro atoms. The molecule has 0 unspecified atom stereocenters. The Labute approximate surface area is 142 Å². The molecule has 0 radical (unpaired) electrons. The molecule has 1 aromatic heterocycles. The van der Waals surface area contributed by atoms with Crippen LogP contribution >= 0.6 is 0 Å². The third-order valence-corrected chi connectivity index (χ3v) is 4.52. The van der Waals surface area contributed by atoms with Crippen LogP contribution < -0.4 is 0 Å². The molecule has 1 saturated heterocycles. The first-order valence-corrected chi connectivity index (χ1v) is 8.11. The van der Waals surface area contributed by atoms with Gasteiger partial charge in [0.25, 0.3) is 0 Å². The minimum absolute atomic E-state index is 0.0751. The van der Waals surface area contributed by atoms with Crippen molar-refractivity contribution in [3.05, 3.63) is 35.0 Å². The van der Waals surface area contributed by atoms with Gasteiger partial charge in [-0.2, -0.15) is 18.3 Å². The normalized spacial score (nSPS) is 20.2. The lowest BCUT2D eigenvalue weighted by Gasteiger charge is -2.22. The van der Waals surface area contributed by atoms with Crippen molar-refractivity contribution in [2.45, 2.75) is 31.7 Å². The third-order valence-electron chi connectivity index (χ3n) is 4.52. The van der Waals surface area contributed by atoms with Crippen LogP contribution in [0.5, 0.6) is 5.75 Å². The highest BCUT2D eigenvalue weighted by Crippen LogP contribution is 2.44. The maximum absolute atomic E-state index is 13.4. The largest absolute Gasteiger partial charge is 0.508 e. The van der Waals surface area contributed by atoms with Crippen molar-refractivity contribution >= 4 is 0 Å². The van der Waals surface area contributed by atoms with Gasteiger partial charge in [0, 0.05) is 11.8 Å². The molecule has 1 aliphatic heterocycles. The van der Waals surface area contributed by atoms with Crippen molar-refractivity contribution in [2.75, 3.05) is 19.8 Å². The van der Waals surface area contributed by atoms with Crippen molar-refractivity contribution in [1.29, 1.82) is 0 Å². The minimum Gasteiger partial charge on any atom is -0.508 e. The summed E-state index contributed by atoms with van der Waals surface area (Å²) in [6, 6.07) is 2.16. The highest BCUT2D eigenvalue weighted by molar-refractivity contribution is 5.74. The van der Waals surface area contributed by atoms with E-state index in [-0.39, 0.29) is 17.4 Å². The summed E-state index contributed by atoms with van der Waals surface area (Å²) >= 11 is 0. The van der Waals surface area contributed by atoms with Gasteiger partial charge in [-0.1, -0.05) is 0 Å². The predicted molar refractivity (Wildman–Crippen MR) is 82.3 cm³/mol. The zero-order chi connectivity index (χ0) is 17.6. The van der Waals surface area contributed by atoms with Gasteiger partial charge in [0.2, 0.25) is 0 Å². The van der Waals surface area contributed by atoms with Crippen LogP contribution in [0.25, 0.3) is 11.3 Å². The summed E-state index contributed by atoms with van der Waals surface area (Å²) in [7, 11) is 0. The fourth-order valence-corrected chi connectivity index (χ4v) is 3.46. The number of halogens is 3. The van der Waals surface area contributed by atoms with Crippen LogP contribution in [0, 0.1) is 0 Å². The Morgan fingerprint density at radius 1 is 1.20 bits per heavy atom. The van der Waals surface area contributed by atoms with Crippen LogP contribution in [-0.4, -0.2) is 40.8 Å². The van der Waals surface area contributed by atoms with Crippen molar-refractivity contribution in [2.24, 2.45) is 0 Å². The average molecular weight is 354 g/mol. The quantitative estimate of drug-likeness (QED) is 0.901. The van der Waals surface area contributed by atoms with E-state index in [0.717, 1.165) is 11.6 Å². The molecule has 1 N–H and O–H groups in total. The monoisotopic (exact) mass is 354 g/mol. The van der Waals surface area contributed by atoms with E-state index in [9.17, 15) is 18.3 Å². The zero-order valence-corrected chi connectivity index (χ0v) is 13.3. The third kappa shape index (κ3) is 3.11. The van der Waals surface area contributed by atoms with Crippen molar-refractivity contribution < 1.29 is 27.8 Å². The molecule has 2 aromatic rings. The molecule has 8 heteroatoms. The Hall–Kier alpha value is -2.06. The first-order chi connectivity index (χ1) is 11.9. The number of aryl methyl sites for hydroxylation is 2. The number of hydrogen-bond donors (Lipinski definition) is 1. The number of alkyl halides is 3. The lowest BCUT2D eigenvalue weighted by molar-refractivity contribution is -0.137. The van der Waals surface area contributed by atoms with Gasteiger partial charge in [-0.05, 0) is 36.1 Å². The molecule has 0 bridgehead atoms. The number of hydrogen-bond acceptors (Lipinski definition) is 4. The highest BCUT2D eigenvalue weighted by Gasteiger charge is 2.38. The first-order valence-electron chi connectivity index (χ1n) is 8.11. The number of phenols is 1. The van der Waals surface area contributed by atoms with E-state index >= 15 is 0 Å². The number of aromatic nitrogens is 2. The second kappa shape index (κ2) is 6.03. The smallest absolute Gasteiger partial charge is 0.417 e. The maximum atomic E-state index is 13.4.